The quantitative estimate of drug-likeness (QED) is 0.567. The van der Waals surface area contributed by atoms with E-state index < -0.39 is 0 Å². The standard InChI is InChI=1S/C19H17N3OS/c1-14-9-10-18-16(12-14)17(22-24-18)13-19(23)21-20-11-5-8-15-6-3-2-4-7-15/h2-12H,13H2,1H3,(H,21,23)/b8-5+,20-11+. The molecule has 24 heavy (non-hydrogen) atoms. The van der Waals surface area contributed by atoms with Crippen molar-refractivity contribution in [1.82, 2.24) is 9.80 Å². The van der Waals surface area contributed by atoms with Crippen LogP contribution in [0.5, 0.6) is 0 Å². The molecule has 3 rings (SSSR count). The Labute approximate surface area is 144 Å². The maximum absolute atomic E-state index is 12.0. The SMILES string of the molecule is Cc1ccc2snc(CC(=O)N/N=C/C=C/c3ccccc3)c2c1. The number of carbonyl (C=O) groups excluding carboxylic acids is 1. The number of hydrazone groups is 1. The van der Waals surface area contributed by atoms with Crippen molar-refractivity contribution in [3.05, 3.63) is 71.4 Å². The van der Waals surface area contributed by atoms with Gasteiger partial charge in [0.1, 0.15) is 0 Å². The zero-order valence-electron chi connectivity index (χ0n) is 13.3. The van der Waals surface area contributed by atoms with E-state index in [2.05, 4.69) is 21.0 Å². The molecule has 0 saturated carbocycles. The molecule has 1 N–H and O–H groups in total. The molecule has 5 heteroatoms. The normalized spacial score (nSPS) is 11.5. The molecule has 0 spiro atoms. The van der Waals surface area contributed by atoms with Gasteiger partial charge in [-0.2, -0.15) is 9.47 Å². The van der Waals surface area contributed by atoms with Gasteiger partial charge in [-0.3, -0.25) is 4.79 Å². The maximum atomic E-state index is 12.0. The van der Waals surface area contributed by atoms with Gasteiger partial charge in [-0.1, -0.05) is 48.0 Å². The van der Waals surface area contributed by atoms with Gasteiger partial charge in [-0.05, 0) is 42.2 Å². The first-order chi connectivity index (χ1) is 11.7. The van der Waals surface area contributed by atoms with Crippen LogP contribution in [-0.2, 0) is 11.2 Å². The number of fused-ring (bicyclic) bond motifs is 1. The van der Waals surface area contributed by atoms with Crippen molar-refractivity contribution < 1.29 is 4.79 Å². The number of hydrogen-bond donors (Lipinski definition) is 1. The van der Waals surface area contributed by atoms with Crippen LogP contribution in [0.4, 0.5) is 0 Å². The molecular formula is C19H17N3OS. The first kappa shape index (κ1) is 16.1. The van der Waals surface area contributed by atoms with E-state index >= 15 is 0 Å². The van der Waals surface area contributed by atoms with E-state index in [1.54, 1.807) is 12.3 Å². The van der Waals surface area contributed by atoms with Gasteiger partial charge in [-0.15, -0.1) is 0 Å². The topological polar surface area (TPSA) is 54.4 Å². The van der Waals surface area contributed by atoms with Gasteiger partial charge in [0.2, 0.25) is 5.91 Å². The number of aromatic nitrogens is 1. The van der Waals surface area contributed by atoms with Crippen LogP contribution in [0, 0.1) is 6.92 Å². The van der Waals surface area contributed by atoms with E-state index in [1.807, 2.05) is 55.5 Å². The van der Waals surface area contributed by atoms with E-state index in [1.165, 1.54) is 11.5 Å². The Hall–Kier alpha value is -2.79. The molecular weight excluding hydrogens is 318 g/mol. The number of benzene rings is 2. The van der Waals surface area contributed by atoms with Crippen LogP contribution in [0.1, 0.15) is 16.8 Å². The molecule has 0 aliphatic rings. The zero-order chi connectivity index (χ0) is 16.8. The van der Waals surface area contributed by atoms with Crippen molar-refractivity contribution in [2.45, 2.75) is 13.3 Å². The van der Waals surface area contributed by atoms with E-state index in [-0.39, 0.29) is 12.3 Å². The minimum atomic E-state index is -0.173. The van der Waals surface area contributed by atoms with Crippen molar-refractivity contribution in [3.63, 3.8) is 0 Å². The zero-order valence-corrected chi connectivity index (χ0v) is 14.1. The van der Waals surface area contributed by atoms with Crippen molar-refractivity contribution in [2.75, 3.05) is 0 Å². The van der Waals surface area contributed by atoms with Gasteiger partial charge in [0.15, 0.2) is 0 Å². The summed E-state index contributed by atoms with van der Waals surface area (Å²) >= 11 is 1.41. The largest absolute Gasteiger partial charge is 0.273 e. The van der Waals surface area contributed by atoms with Crippen LogP contribution in [0.3, 0.4) is 0 Å². The number of nitrogens with one attached hydrogen (secondary N) is 1. The summed E-state index contributed by atoms with van der Waals surface area (Å²) in [7, 11) is 0. The smallest absolute Gasteiger partial charge is 0.246 e. The molecule has 0 aliphatic heterocycles. The minimum Gasteiger partial charge on any atom is -0.273 e. The third-order valence-electron chi connectivity index (χ3n) is 3.47. The highest BCUT2D eigenvalue weighted by Crippen LogP contribution is 2.24. The summed E-state index contributed by atoms with van der Waals surface area (Å²) < 4.78 is 5.47. The van der Waals surface area contributed by atoms with Crippen molar-refractivity contribution >= 4 is 39.8 Å². The van der Waals surface area contributed by atoms with E-state index in [0.29, 0.717) is 0 Å². The lowest BCUT2D eigenvalue weighted by atomic mass is 10.1. The van der Waals surface area contributed by atoms with Gasteiger partial charge in [0.25, 0.3) is 0 Å². The van der Waals surface area contributed by atoms with Crippen LogP contribution in [-0.4, -0.2) is 16.5 Å². The fourth-order valence-corrected chi connectivity index (χ4v) is 3.07. The molecule has 120 valence electrons. The molecule has 0 saturated heterocycles. The summed E-state index contributed by atoms with van der Waals surface area (Å²) in [6, 6.07) is 16.1. The molecule has 3 aromatic rings. The first-order valence-electron chi connectivity index (χ1n) is 7.61. The lowest BCUT2D eigenvalue weighted by Gasteiger charge is -1.98. The number of aryl methyl sites for hydroxylation is 1. The molecule has 0 aliphatic carbocycles. The van der Waals surface area contributed by atoms with Crippen molar-refractivity contribution in [2.24, 2.45) is 5.10 Å². The summed E-state index contributed by atoms with van der Waals surface area (Å²) in [5.41, 5.74) is 5.57. The Kier molecular flexibility index (Phi) is 5.13. The molecule has 1 heterocycles. The third-order valence-corrected chi connectivity index (χ3v) is 4.33. The number of nitrogens with zero attached hydrogens (tertiary/aromatic N) is 2. The monoisotopic (exact) mass is 335 g/mol. The molecule has 2 aromatic carbocycles. The summed E-state index contributed by atoms with van der Waals surface area (Å²) in [4.78, 5) is 12.0. The number of rotatable bonds is 5. The van der Waals surface area contributed by atoms with E-state index in [9.17, 15) is 4.79 Å². The van der Waals surface area contributed by atoms with Crippen molar-refractivity contribution in [1.29, 1.82) is 0 Å². The predicted molar refractivity (Wildman–Crippen MR) is 100 cm³/mol. The van der Waals surface area contributed by atoms with Crippen LogP contribution in [0.15, 0.2) is 59.7 Å². The minimum absolute atomic E-state index is 0.173. The van der Waals surface area contributed by atoms with Crippen molar-refractivity contribution in [3.8, 4) is 0 Å². The van der Waals surface area contributed by atoms with Gasteiger partial charge in [0, 0.05) is 11.6 Å². The second kappa shape index (κ2) is 7.66. The predicted octanol–water partition coefficient (Wildman–Crippen LogP) is 3.96. The van der Waals surface area contributed by atoms with E-state index in [4.69, 9.17) is 0 Å². The van der Waals surface area contributed by atoms with Crippen LogP contribution < -0.4 is 5.43 Å². The molecule has 0 atom stereocenters. The van der Waals surface area contributed by atoms with Gasteiger partial charge in [-0.25, -0.2) is 5.43 Å². The number of amides is 1. The lowest BCUT2D eigenvalue weighted by Crippen LogP contribution is -2.19. The number of allylic oxidation sites excluding steroid dienone is 1. The summed E-state index contributed by atoms with van der Waals surface area (Å²) in [5.74, 6) is -0.173. The van der Waals surface area contributed by atoms with Crippen LogP contribution in [0.25, 0.3) is 16.2 Å². The Morgan fingerprint density at radius 2 is 2.08 bits per heavy atom. The van der Waals surface area contributed by atoms with E-state index in [0.717, 1.165) is 26.9 Å². The molecule has 4 nitrogen and oxygen atoms in total. The molecule has 1 amide bonds. The average Bonchev–Trinajstić information content (AvgIpc) is 2.97. The lowest BCUT2D eigenvalue weighted by molar-refractivity contribution is -0.120. The van der Waals surface area contributed by atoms with Gasteiger partial charge in [0.05, 0.1) is 16.8 Å². The second-order valence-electron chi connectivity index (χ2n) is 5.39. The fourth-order valence-electron chi connectivity index (χ4n) is 2.29. The number of carbonyl (C=O) groups is 1. The maximum Gasteiger partial charge on any atom is 0.246 e. The highest BCUT2D eigenvalue weighted by molar-refractivity contribution is 7.13. The van der Waals surface area contributed by atoms with Gasteiger partial charge >= 0.3 is 0 Å². The summed E-state index contributed by atoms with van der Waals surface area (Å²) in [5, 5.41) is 4.97. The van der Waals surface area contributed by atoms with Gasteiger partial charge < -0.3 is 0 Å². The average molecular weight is 335 g/mol. The highest BCUT2D eigenvalue weighted by Gasteiger charge is 2.10. The fraction of sp³-hybridized carbons (Fsp3) is 0.105. The molecule has 0 fully saturated rings. The Morgan fingerprint density at radius 3 is 2.92 bits per heavy atom. The molecule has 1 aromatic heterocycles. The summed E-state index contributed by atoms with van der Waals surface area (Å²) in [6.07, 6.45) is 5.50. The molecule has 0 unspecified atom stereocenters. The first-order valence-corrected chi connectivity index (χ1v) is 8.38. The third kappa shape index (κ3) is 4.14. The highest BCUT2D eigenvalue weighted by atomic mass is 32.1. The second-order valence-corrected chi connectivity index (χ2v) is 6.19. The van der Waals surface area contributed by atoms with Crippen LogP contribution in [0.2, 0.25) is 0 Å². The molecule has 0 radical (unpaired) electrons. The Bertz CT molecular complexity index is 897. The summed E-state index contributed by atoms with van der Waals surface area (Å²) in [6.45, 7) is 2.03. The Balaban J connectivity index is 1.56. The number of hydrogen-bond acceptors (Lipinski definition) is 4. The molecule has 0 bridgehead atoms. The van der Waals surface area contributed by atoms with Crippen LogP contribution >= 0.6 is 11.5 Å². The Morgan fingerprint density at radius 1 is 1.25 bits per heavy atom.